The number of aromatic nitrogens is 1. The van der Waals surface area contributed by atoms with Crippen LogP contribution in [0.5, 0.6) is 0 Å². The SMILES string of the molecule is CN1C2CCCC1CC(Nc1ncc(C(=O)O)s1)C2. The first-order valence-electron chi connectivity index (χ1n) is 6.81. The summed E-state index contributed by atoms with van der Waals surface area (Å²) >= 11 is 1.23. The molecular weight excluding hydrogens is 262 g/mol. The molecule has 2 aliphatic heterocycles. The van der Waals surface area contributed by atoms with E-state index < -0.39 is 5.97 Å². The first-order chi connectivity index (χ1) is 9.13. The summed E-state index contributed by atoms with van der Waals surface area (Å²) in [5, 5.41) is 13.1. The third kappa shape index (κ3) is 2.60. The van der Waals surface area contributed by atoms with E-state index in [9.17, 15) is 4.79 Å². The Balaban J connectivity index is 1.65. The number of nitrogens with one attached hydrogen (secondary N) is 1. The summed E-state index contributed by atoms with van der Waals surface area (Å²) in [6.07, 6.45) is 7.61. The number of aromatic carboxylic acids is 1. The highest BCUT2D eigenvalue weighted by atomic mass is 32.1. The normalized spacial score (nSPS) is 31.1. The van der Waals surface area contributed by atoms with Crippen molar-refractivity contribution in [2.24, 2.45) is 0 Å². The zero-order valence-electron chi connectivity index (χ0n) is 11.0. The molecule has 1 aromatic heterocycles. The minimum absolute atomic E-state index is 0.302. The summed E-state index contributed by atoms with van der Waals surface area (Å²) in [5.74, 6) is -0.897. The fraction of sp³-hybridized carbons (Fsp3) is 0.692. The number of hydrogen-bond acceptors (Lipinski definition) is 5. The highest BCUT2D eigenvalue weighted by Crippen LogP contribution is 2.34. The Morgan fingerprint density at radius 1 is 1.47 bits per heavy atom. The summed E-state index contributed by atoms with van der Waals surface area (Å²) in [5.41, 5.74) is 0. The minimum Gasteiger partial charge on any atom is -0.477 e. The fourth-order valence-electron chi connectivity index (χ4n) is 3.35. The molecule has 5 nitrogen and oxygen atoms in total. The molecule has 0 aliphatic carbocycles. The third-order valence-corrected chi connectivity index (χ3v) is 5.30. The number of carboxylic acid groups (broad SMARTS) is 1. The van der Waals surface area contributed by atoms with Gasteiger partial charge in [-0.25, -0.2) is 9.78 Å². The molecule has 2 bridgehead atoms. The summed E-state index contributed by atoms with van der Waals surface area (Å²) in [7, 11) is 2.23. The van der Waals surface area contributed by atoms with E-state index in [1.54, 1.807) is 0 Å². The van der Waals surface area contributed by atoms with Gasteiger partial charge in [-0.2, -0.15) is 0 Å². The number of hydrogen-bond donors (Lipinski definition) is 2. The third-order valence-electron chi connectivity index (χ3n) is 4.38. The number of carboxylic acids is 1. The van der Waals surface area contributed by atoms with Gasteiger partial charge < -0.3 is 15.3 Å². The lowest BCUT2D eigenvalue weighted by Gasteiger charge is -2.47. The Labute approximate surface area is 116 Å². The zero-order chi connectivity index (χ0) is 13.4. The van der Waals surface area contributed by atoms with E-state index in [0.29, 0.717) is 23.0 Å². The Hall–Kier alpha value is -1.14. The molecule has 0 radical (unpaired) electrons. The van der Waals surface area contributed by atoms with Crippen molar-refractivity contribution in [2.45, 2.75) is 50.2 Å². The van der Waals surface area contributed by atoms with Crippen molar-refractivity contribution in [3.05, 3.63) is 11.1 Å². The van der Waals surface area contributed by atoms with Crippen LogP contribution in [0.3, 0.4) is 0 Å². The molecule has 2 saturated heterocycles. The van der Waals surface area contributed by atoms with Crippen LogP contribution < -0.4 is 5.32 Å². The van der Waals surface area contributed by atoms with Crippen LogP contribution in [0.2, 0.25) is 0 Å². The molecule has 6 heteroatoms. The number of piperidine rings is 2. The molecule has 19 heavy (non-hydrogen) atoms. The maximum atomic E-state index is 10.8. The molecule has 104 valence electrons. The molecule has 0 saturated carbocycles. The Morgan fingerprint density at radius 2 is 2.16 bits per heavy atom. The summed E-state index contributed by atoms with van der Waals surface area (Å²) in [4.78, 5) is 17.8. The lowest BCUT2D eigenvalue weighted by atomic mass is 9.82. The van der Waals surface area contributed by atoms with Crippen molar-refractivity contribution in [3.63, 3.8) is 0 Å². The van der Waals surface area contributed by atoms with Crippen molar-refractivity contribution in [2.75, 3.05) is 12.4 Å². The van der Waals surface area contributed by atoms with Crippen LogP contribution in [-0.4, -0.2) is 46.1 Å². The topological polar surface area (TPSA) is 65.5 Å². The molecule has 0 spiro atoms. The molecule has 0 amide bonds. The van der Waals surface area contributed by atoms with Crippen molar-refractivity contribution >= 4 is 22.4 Å². The average Bonchev–Trinajstić information content (AvgIpc) is 2.79. The van der Waals surface area contributed by atoms with E-state index >= 15 is 0 Å². The molecule has 3 rings (SSSR count). The van der Waals surface area contributed by atoms with Gasteiger partial charge in [-0.1, -0.05) is 17.8 Å². The van der Waals surface area contributed by atoms with E-state index in [2.05, 4.69) is 22.2 Å². The van der Waals surface area contributed by atoms with Crippen LogP contribution in [0.25, 0.3) is 0 Å². The van der Waals surface area contributed by atoms with Gasteiger partial charge in [-0.15, -0.1) is 0 Å². The first kappa shape index (κ1) is 12.9. The monoisotopic (exact) mass is 281 g/mol. The molecule has 2 atom stereocenters. The maximum absolute atomic E-state index is 10.8. The molecule has 0 aromatic carbocycles. The lowest BCUT2D eigenvalue weighted by molar-refractivity contribution is 0.0608. The minimum atomic E-state index is -0.897. The summed E-state index contributed by atoms with van der Waals surface area (Å²) in [6, 6.07) is 1.77. The Kier molecular flexibility index (Phi) is 3.45. The highest BCUT2D eigenvalue weighted by Gasteiger charge is 2.36. The van der Waals surface area contributed by atoms with Crippen LogP contribution >= 0.6 is 11.3 Å². The van der Waals surface area contributed by atoms with Crippen LogP contribution in [0.15, 0.2) is 6.20 Å². The van der Waals surface area contributed by atoms with Gasteiger partial charge in [-0.3, -0.25) is 0 Å². The average molecular weight is 281 g/mol. The van der Waals surface area contributed by atoms with Gasteiger partial charge in [-0.05, 0) is 32.7 Å². The van der Waals surface area contributed by atoms with Crippen molar-refractivity contribution in [1.82, 2.24) is 9.88 Å². The number of fused-ring (bicyclic) bond motifs is 2. The zero-order valence-corrected chi connectivity index (χ0v) is 11.8. The van der Waals surface area contributed by atoms with Crippen molar-refractivity contribution in [1.29, 1.82) is 0 Å². The van der Waals surface area contributed by atoms with Gasteiger partial charge >= 0.3 is 5.97 Å². The quantitative estimate of drug-likeness (QED) is 0.889. The number of anilines is 1. The summed E-state index contributed by atoms with van der Waals surface area (Å²) < 4.78 is 0. The molecule has 1 aromatic rings. The van der Waals surface area contributed by atoms with Gasteiger partial charge in [0.05, 0.1) is 6.20 Å². The molecule has 2 fully saturated rings. The smallest absolute Gasteiger partial charge is 0.347 e. The predicted molar refractivity (Wildman–Crippen MR) is 74.9 cm³/mol. The Morgan fingerprint density at radius 3 is 2.74 bits per heavy atom. The Bertz CT molecular complexity index is 462. The molecule has 2 aliphatic rings. The standard InChI is InChI=1S/C13H19N3O2S/c1-16-9-3-2-4-10(16)6-8(5-9)15-13-14-7-11(19-13)12(17)18/h7-10H,2-6H2,1H3,(H,14,15)(H,17,18). The maximum Gasteiger partial charge on any atom is 0.347 e. The van der Waals surface area contributed by atoms with E-state index in [4.69, 9.17) is 5.11 Å². The van der Waals surface area contributed by atoms with Crippen molar-refractivity contribution < 1.29 is 9.90 Å². The predicted octanol–water partition coefficient (Wildman–Crippen LogP) is 2.27. The van der Waals surface area contributed by atoms with Crippen molar-refractivity contribution in [3.8, 4) is 0 Å². The van der Waals surface area contributed by atoms with Crippen LogP contribution in [0.1, 0.15) is 41.8 Å². The van der Waals surface area contributed by atoms with Gasteiger partial charge in [0.2, 0.25) is 0 Å². The molecular formula is C13H19N3O2S. The van der Waals surface area contributed by atoms with Crippen LogP contribution in [-0.2, 0) is 0 Å². The second kappa shape index (κ2) is 5.09. The number of thiazole rings is 1. The molecule has 3 heterocycles. The van der Waals surface area contributed by atoms with E-state index in [1.165, 1.54) is 36.8 Å². The second-order valence-corrected chi connectivity index (χ2v) is 6.58. The first-order valence-corrected chi connectivity index (χ1v) is 7.62. The molecule has 2 N–H and O–H groups in total. The largest absolute Gasteiger partial charge is 0.477 e. The van der Waals surface area contributed by atoms with E-state index in [0.717, 1.165) is 18.0 Å². The van der Waals surface area contributed by atoms with E-state index in [1.807, 2.05) is 0 Å². The van der Waals surface area contributed by atoms with Crippen LogP contribution in [0, 0.1) is 0 Å². The number of nitrogens with zero attached hydrogens (tertiary/aromatic N) is 2. The fourth-order valence-corrected chi connectivity index (χ4v) is 4.08. The van der Waals surface area contributed by atoms with Gasteiger partial charge in [0.15, 0.2) is 5.13 Å². The van der Waals surface area contributed by atoms with E-state index in [-0.39, 0.29) is 0 Å². The van der Waals surface area contributed by atoms with Crippen LogP contribution in [0.4, 0.5) is 5.13 Å². The van der Waals surface area contributed by atoms with Gasteiger partial charge in [0.1, 0.15) is 4.88 Å². The van der Waals surface area contributed by atoms with Gasteiger partial charge in [0.25, 0.3) is 0 Å². The second-order valence-electron chi connectivity index (χ2n) is 5.55. The highest BCUT2D eigenvalue weighted by molar-refractivity contribution is 7.17. The summed E-state index contributed by atoms with van der Waals surface area (Å²) in [6.45, 7) is 0. The number of rotatable bonds is 3. The molecule has 2 unspecified atom stereocenters. The lowest BCUT2D eigenvalue weighted by Crippen LogP contribution is -2.52. The van der Waals surface area contributed by atoms with Gasteiger partial charge in [0, 0.05) is 18.1 Å². The number of carbonyl (C=O) groups is 1.